The second kappa shape index (κ2) is 10.6. The second-order valence-electron chi connectivity index (χ2n) is 7.92. The number of carbonyl (C=O) groups is 3. The third-order valence-electron chi connectivity index (χ3n) is 5.79. The van der Waals surface area contributed by atoms with E-state index in [1.54, 1.807) is 24.0 Å². The van der Waals surface area contributed by atoms with Gasteiger partial charge in [-0.1, -0.05) is 35.9 Å². The van der Waals surface area contributed by atoms with Crippen LogP contribution in [-0.4, -0.2) is 65.6 Å². The maximum atomic E-state index is 13.0. The first-order valence-electron chi connectivity index (χ1n) is 11.0. The minimum Gasteiger partial charge on any atom is -0.465 e. The number of para-hydroxylation sites is 1. The molecule has 0 bridgehead atoms. The number of rotatable bonds is 6. The van der Waals surface area contributed by atoms with E-state index in [1.165, 1.54) is 11.8 Å². The van der Waals surface area contributed by atoms with Crippen molar-refractivity contribution in [3.8, 4) is 0 Å². The Morgan fingerprint density at radius 3 is 2.52 bits per heavy atom. The van der Waals surface area contributed by atoms with Crippen LogP contribution in [0.3, 0.4) is 0 Å². The number of nitrogens with zero attached hydrogens (tertiary/aromatic N) is 2. The van der Waals surface area contributed by atoms with Crippen molar-refractivity contribution in [3.05, 3.63) is 59.1 Å². The Hall–Kier alpha value is -2.55. The molecule has 2 amide bonds. The molecule has 0 saturated carbocycles. The number of thioether (sulfide) groups is 1. The zero-order chi connectivity index (χ0) is 23.4. The zero-order valence-electron chi connectivity index (χ0n) is 18.3. The molecule has 2 aromatic carbocycles. The Morgan fingerprint density at radius 2 is 1.82 bits per heavy atom. The number of piperazine rings is 1. The van der Waals surface area contributed by atoms with Crippen molar-refractivity contribution in [2.45, 2.75) is 29.5 Å². The molecule has 0 aromatic heterocycles. The molecule has 4 rings (SSSR count). The van der Waals surface area contributed by atoms with E-state index >= 15 is 0 Å². The first kappa shape index (κ1) is 23.6. The third-order valence-corrected chi connectivity index (χ3v) is 7.32. The van der Waals surface area contributed by atoms with Gasteiger partial charge in [-0.3, -0.25) is 14.5 Å². The molecule has 1 fully saturated rings. The first-order chi connectivity index (χ1) is 16.0. The fourth-order valence-corrected chi connectivity index (χ4v) is 5.33. The Bertz CT molecular complexity index is 1020. The number of carbonyl (C=O) groups excluding carboxylic acids is 3. The average molecular weight is 488 g/mol. The number of anilines is 1. The molecule has 2 aromatic rings. The Labute approximate surface area is 202 Å². The van der Waals surface area contributed by atoms with E-state index in [9.17, 15) is 14.4 Å². The number of amides is 2. The van der Waals surface area contributed by atoms with Crippen LogP contribution in [0, 0.1) is 0 Å². The highest BCUT2D eigenvalue weighted by molar-refractivity contribution is 8.01. The van der Waals surface area contributed by atoms with Crippen molar-refractivity contribution in [3.63, 3.8) is 0 Å². The van der Waals surface area contributed by atoms with Gasteiger partial charge in [0.15, 0.2) is 0 Å². The number of benzene rings is 2. The fourth-order valence-electron chi connectivity index (χ4n) is 4.11. The summed E-state index contributed by atoms with van der Waals surface area (Å²) >= 11 is 7.44. The lowest BCUT2D eigenvalue weighted by Crippen LogP contribution is -2.51. The van der Waals surface area contributed by atoms with Gasteiger partial charge in [-0.2, -0.15) is 0 Å². The molecule has 33 heavy (non-hydrogen) atoms. The molecular formula is C24H26ClN3O4S. The first-order valence-corrected chi connectivity index (χ1v) is 12.2. The van der Waals surface area contributed by atoms with E-state index in [0.29, 0.717) is 37.8 Å². The van der Waals surface area contributed by atoms with E-state index in [2.05, 4.69) is 5.32 Å². The lowest BCUT2D eigenvalue weighted by molar-refractivity contribution is -0.151. The molecule has 0 radical (unpaired) electrons. The Balaban J connectivity index is 1.38. The zero-order valence-corrected chi connectivity index (χ0v) is 19.9. The Kier molecular flexibility index (Phi) is 7.57. The molecule has 9 heteroatoms. The minimum absolute atomic E-state index is 0.0548. The van der Waals surface area contributed by atoms with Crippen LogP contribution in [0.25, 0.3) is 0 Å². The molecule has 0 aliphatic carbocycles. The SMILES string of the molecule is CCOC(=O)[C@H](c1ccc(Cl)cc1)N1CCN(C(=O)C[C@H]2Sc3ccccc3NC2=O)CC1. The van der Waals surface area contributed by atoms with Gasteiger partial charge in [-0.25, -0.2) is 4.79 Å². The quantitative estimate of drug-likeness (QED) is 0.627. The van der Waals surface area contributed by atoms with Gasteiger partial charge in [0, 0.05) is 42.5 Å². The topological polar surface area (TPSA) is 79.0 Å². The average Bonchev–Trinajstić information content (AvgIpc) is 2.81. The number of esters is 1. The second-order valence-corrected chi connectivity index (χ2v) is 9.60. The van der Waals surface area contributed by atoms with Crippen molar-refractivity contribution in [1.29, 1.82) is 0 Å². The molecule has 2 heterocycles. The molecule has 2 aliphatic rings. The van der Waals surface area contributed by atoms with Crippen LogP contribution in [0.5, 0.6) is 0 Å². The molecule has 0 unspecified atom stereocenters. The summed E-state index contributed by atoms with van der Waals surface area (Å²) < 4.78 is 5.32. The predicted octanol–water partition coefficient (Wildman–Crippen LogP) is 3.59. The van der Waals surface area contributed by atoms with Gasteiger partial charge >= 0.3 is 5.97 Å². The van der Waals surface area contributed by atoms with Crippen LogP contribution >= 0.6 is 23.4 Å². The van der Waals surface area contributed by atoms with Crippen LogP contribution in [0.4, 0.5) is 5.69 Å². The molecule has 0 spiro atoms. The van der Waals surface area contributed by atoms with Crippen LogP contribution in [0.15, 0.2) is 53.4 Å². The van der Waals surface area contributed by atoms with Gasteiger partial charge in [-0.15, -0.1) is 11.8 Å². The van der Waals surface area contributed by atoms with Crippen molar-refractivity contribution < 1.29 is 19.1 Å². The van der Waals surface area contributed by atoms with Crippen LogP contribution in [0.1, 0.15) is 24.9 Å². The summed E-state index contributed by atoms with van der Waals surface area (Å²) in [7, 11) is 0. The monoisotopic (exact) mass is 487 g/mol. The fraction of sp³-hybridized carbons (Fsp3) is 0.375. The lowest BCUT2D eigenvalue weighted by Gasteiger charge is -2.38. The van der Waals surface area contributed by atoms with Gasteiger partial charge in [-0.05, 0) is 36.8 Å². The third kappa shape index (κ3) is 5.51. The molecule has 174 valence electrons. The number of nitrogens with one attached hydrogen (secondary N) is 1. The van der Waals surface area contributed by atoms with Crippen LogP contribution in [0.2, 0.25) is 5.02 Å². The normalized spacial score (nSPS) is 19.4. The maximum Gasteiger partial charge on any atom is 0.328 e. The maximum absolute atomic E-state index is 13.0. The van der Waals surface area contributed by atoms with Crippen LogP contribution < -0.4 is 5.32 Å². The predicted molar refractivity (Wildman–Crippen MR) is 128 cm³/mol. The number of ether oxygens (including phenoxy) is 1. The molecule has 1 saturated heterocycles. The van der Waals surface area contributed by atoms with E-state index < -0.39 is 11.3 Å². The molecule has 7 nitrogen and oxygen atoms in total. The highest BCUT2D eigenvalue weighted by Crippen LogP contribution is 2.37. The van der Waals surface area contributed by atoms with Gasteiger partial charge in [0.1, 0.15) is 6.04 Å². The lowest BCUT2D eigenvalue weighted by atomic mass is 10.0. The van der Waals surface area contributed by atoms with Gasteiger partial charge in [0.25, 0.3) is 0 Å². The van der Waals surface area contributed by atoms with Crippen molar-refractivity contribution in [2.75, 3.05) is 38.1 Å². The highest BCUT2D eigenvalue weighted by Gasteiger charge is 2.35. The van der Waals surface area contributed by atoms with Crippen molar-refractivity contribution in [1.82, 2.24) is 9.80 Å². The summed E-state index contributed by atoms with van der Waals surface area (Å²) in [6.07, 6.45) is 0.142. The van der Waals surface area contributed by atoms with Crippen molar-refractivity contribution >= 4 is 46.8 Å². The largest absolute Gasteiger partial charge is 0.465 e. The summed E-state index contributed by atoms with van der Waals surface area (Å²) in [5.74, 6) is -0.509. The number of fused-ring (bicyclic) bond motifs is 1. The smallest absolute Gasteiger partial charge is 0.328 e. The number of halogens is 1. The van der Waals surface area contributed by atoms with Crippen LogP contribution in [-0.2, 0) is 19.1 Å². The molecular weight excluding hydrogens is 462 g/mol. The molecule has 1 N–H and O–H groups in total. The standard InChI is InChI=1S/C24H26ClN3O4S/c1-2-32-24(31)22(16-7-9-17(25)10-8-16)28-13-11-27(12-14-28)21(29)15-20-23(30)26-18-5-3-4-6-19(18)33-20/h3-10,20,22H,2,11-15H2,1H3,(H,26,30)/t20-,22+/m1/s1. The van der Waals surface area contributed by atoms with Crippen molar-refractivity contribution in [2.24, 2.45) is 0 Å². The van der Waals surface area contributed by atoms with E-state index in [1.807, 2.05) is 41.3 Å². The molecule has 2 aliphatic heterocycles. The number of hydrogen-bond donors (Lipinski definition) is 1. The van der Waals surface area contributed by atoms with E-state index in [-0.39, 0.29) is 24.2 Å². The van der Waals surface area contributed by atoms with Gasteiger partial charge < -0.3 is 15.0 Å². The van der Waals surface area contributed by atoms with E-state index in [0.717, 1.165) is 16.1 Å². The highest BCUT2D eigenvalue weighted by atomic mass is 35.5. The summed E-state index contributed by atoms with van der Waals surface area (Å²) in [4.78, 5) is 42.9. The summed E-state index contributed by atoms with van der Waals surface area (Å²) in [5.41, 5.74) is 1.60. The van der Waals surface area contributed by atoms with Gasteiger partial charge in [0.05, 0.1) is 17.5 Å². The minimum atomic E-state index is -0.546. The summed E-state index contributed by atoms with van der Waals surface area (Å²) in [6.45, 7) is 4.11. The van der Waals surface area contributed by atoms with E-state index in [4.69, 9.17) is 16.3 Å². The molecule has 2 atom stereocenters. The summed E-state index contributed by atoms with van der Waals surface area (Å²) in [5, 5.41) is 3.04. The van der Waals surface area contributed by atoms with Gasteiger partial charge in [0.2, 0.25) is 11.8 Å². The summed E-state index contributed by atoms with van der Waals surface area (Å²) in [6, 6.07) is 14.2. The number of hydrogen-bond acceptors (Lipinski definition) is 6. The Morgan fingerprint density at radius 1 is 1.12 bits per heavy atom.